The zero-order chi connectivity index (χ0) is 13.6. The van der Waals surface area contributed by atoms with Gasteiger partial charge in [0.25, 0.3) is 0 Å². The van der Waals surface area contributed by atoms with E-state index in [4.69, 9.17) is 11.5 Å². The number of hydrogen-bond donors (Lipinski definition) is 3. The molecule has 19 heavy (non-hydrogen) atoms. The number of rotatable bonds is 1. The smallest absolute Gasteiger partial charge is 0.208 e. The van der Waals surface area contributed by atoms with Crippen LogP contribution in [0, 0.1) is 13.8 Å². The Morgan fingerprint density at radius 1 is 1.21 bits per heavy atom. The molecule has 3 rings (SSSR count). The van der Waals surface area contributed by atoms with Gasteiger partial charge in [0.15, 0.2) is 11.7 Å². The molecule has 0 bridgehead atoms. The Balaban J connectivity index is 2.06. The Bertz CT molecular complexity index is 610. The van der Waals surface area contributed by atoms with Crippen molar-refractivity contribution in [3.63, 3.8) is 0 Å². The monoisotopic (exact) mass is 256 g/mol. The molecule has 0 fully saturated rings. The summed E-state index contributed by atoms with van der Waals surface area (Å²) < 4.78 is 0. The van der Waals surface area contributed by atoms with Crippen LogP contribution in [-0.2, 0) is 5.79 Å². The van der Waals surface area contributed by atoms with Crippen molar-refractivity contribution in [1.82, 2.24) is 10.4 Å². The summed E-state index contributed by atoms with van der Waals surface area (Å²) in [5.74, 6) is -0.114. The van der Waals surface area contributed by atoms with E-state index in [1.54, 1.807) is 17.4 Å². The van der Waals surface area contributed by atoms with E-state index in [1.165, 1.54) is 0 Å². The molecule has 2 aliphatic rings. The first kappa shape index (κ1) is 11.9. The van der Waals surface area contributed by atoms with Gasteiger partial charge in [-0.2, -0.15) is 5.43 Å². The fourth-order valence-electron chi connectivity index (χ4n) is 2.33. The van der Waals surface area contributed by atoms with Crippen molar-refractivity contribution in [2.24, 2.45) is 21.5 Å². The van der Waals surface area contributed by atoms with Gasteiger partial charge in [-0.15, -0.1) is 0 Å². The molecule has 0 amide bonds. The van der Waals surface area contributed by atoms with Gasteiger partial charge in [0.1, 0.15) is 0 Å². The summed E-state index contributed by atoms with van der Waals surface area (Å²) in [6.45, 7) is 4.07. The van der Waals surface area contributed by atoms with Crippen LogP contribution >= 0.6 is 0 Å². The summed E-state index contributed by atoms with van der Waals surface area (Å²) in [6.07, 6.45) is 3.35. The molecule has 1 unspecified atom stereocenters. The van der Waals surface area contributed by atoms with Gasteiger partial charge in [-0.25, -0.2) is 9.98 Å². The molecular formula is C13H16N6. The average molecular weight is 256 g/mol. The van der Waals surface area contributed by atoms with Crippen LogP contribution < -0.4 is 16.9 Å². The van der Waals surface area contributed by atoms with Gasteiger partial charge in [-0.1, -0.05) is 29.3 Å². The maximum atomic E-state index is 6.36. The van der Waals surface area contributed by atoms with E-state index in [2.05, 4.69) is 21.5 Å². The molecule has 6 nitrogen and oxygen atoms in total. The first-order valence-electron chi connectivity index (χ1n) is 6.03. The second-order valence-corrected chi connectivity index (χ2v) is 4.87. The van der Waals surface area contributed by atoms with Gasteiger partial charge in [-0.3, -0.25) is 10.7 Å². The minimum absolute atomic E-state index is 0.353. The summed E-state index contributed by atoms with van der Waals surface area (Å²) in [5.41, 5.74) is 18.5. The average Bonchev–Trinajstić information content (AvgIpc) is 2.68. The largest absolute Gasteiger partial charge is 0.381 e. The Hall–Kier alpha value is -2.18. The van der Waals surface area contributed by atoms with Crippen molar-refractivity contribution in [2.75, 3.05) is 0 Å². The van der Waals surface area contributed by atoms with Crippen LogP contribution in [0.15, 0.2) is 40.6 Å². The summed E-state index contributed by atoms with van der Waals surface area (Å²) in [7, 11) is 0. The van der Waals surface area contributed by atoms with E-state index in [0.29, 0.717) is 11.7 Å². The third kappa shape index (κ3) is 1.91. The predicted molar refractivity (Wildman–Crippen MR) is 75.0 cm³/mol. The minimum atomic E-state index is -1.01. The van der Waals surface area contributed by atoms with Gasteiger partial charge in [0.05, 0.1) is 0 Å². The second kappa shape index (κ2) is 3.91. The van der Waals surface area contributed by atoms with Gasteiger partial charge in [0, 0.05) is 18.0 Å². The number of aryl methyl sites for hydroxylation is 2. The number of fused-ring (bicyclic) bond motifs is 1. The number of hydrogen-bond acceptors (Lipinski definition) is 6. The van der Waals surface area contributed by atoms with Crippen molar-refractivity contribution >= 4 is 11.7 Å². The minimum Gasteiger partial charge on any atom is -0.381 e. The van der Waals surface area contributed by atoms with Gasteiger partial charge in [-0.05, 0) is 13.8 Å². The second-order valence-electron chi connectivity index (χ2n) is 4.87. The normalized spacial score (nSPS) is 25.1. The highest BCUT2D eigenvalue weighted by atomic mass is 15.7. The van der Waals surface area contributed by atoms with Crippen molar-refractivity contribution in [3.8, 4) is 0 Å². The highest BCUT2D eigenvalue weighted by molar-refractivity contribution is 6.40. The lowest BCUT2D eigenvalue weighted by atomic mass is 10.0. The lowest BCUT2D eigenvalue weighted by molar-refractivity contribution is 0.274. The van der Waals surface area contributed by atoms with Gasteiger partial charge in [0.2, 0.25) is 5.79 Å². The van der Waals surface area contributed by atoms with E-state index in [9.17, 15) is 0 Å². The SMILES string of the molecule is Cc1cc(C)cc(C2(N)N=C3C(N)=NC=CN3N2)c1. The lowest BCUT2D eigenvalue weighted by Gasteiger charge is -2.25. The number of aliphatic imine (C=N–C) groups is 2. The van der Waals surface area contributed by atoms with Crippen LogP contribution in [0.25, 0.3) is 0 Å². The summed E-state index contributed by atoms with van der Waals surface area (Å²) in [4.78, 5) is 8.49. The number of nitrogens with two attached hydrogens (primary N) is 2. The third-order valence-corrected chi connectivity index (χ3v) is 3.12. The molecule has 6 heteroatoms. The molecular weight excluding hydrogens is 240 g/mol. The van der Waals surface area contributed by atoms with E-state index in [0.717, 1.165) is 16.7 Å². The Labute approximate surface area is 111 Å². The van der Waals surface area contributed by atoms with Gasteiger partial charge < -0.3 is 5.73 Å². The molecule has 1 atom stereocenters. The molecule has 0 aromatic heterocycles. The molecule has 0 spiro atoms. The van der Waals surface area contributed by atoms with Crippen molar-refractivity contribution in [1.29, 1.82) is 0 Å². The number of amidine groups is 2. The third-order valence-electron chi connectivity index (χ3n) is 3.12. The summed E-state index contributed by atoms with van der Waals surface area (Å²) in [5, 5.41) is 1.69. The number of hydrazine groups is 1. The molecule has 0 radical (unpaired) electrons. The van der Waals surface area contributed by atoms with Crippen LogP contribution in [0.5, 0.6) is 0 Å². The Morgan fingerprint density at radius 2 is 1.89 bits per heavy atom. The topological polar surface area (TPSA) is 92.0 Å². The van der Waals surface area contributed by atoms with E-state index in [1.807, 2.05) is 26.0 Å². The summed E-state index contributed by atoms with van der Waals surface area (Å²) in [6, 6.07) is 6.12. The standard InChI is InChI=1S/C13H16N6/c1-8-5-9(2)7-10(6-8)13(15)17-12-11(14)16-3-4-19(12)18-13/h3-7,18H,15H2,1-2H3,(H2,14,16). The van der Waals surface area contributed by atoms with E-state index >= 15 is 0 Å². The molecule has 0 saturated carbocycles. The molecule has 2 aliphatic heterocycles. The van der Waals surface area contributed by atoms with Crippen molar-refractivity contribution in [3.05, 3.63) is 47.3 Å². The predicted octanol–water partition coefficient (Wildman–Crippen LogP) is 0.433. The zero-order valence-electron chi connectivity index (χ0n) is 10.9. The maximum Gasteiger partial charge on any atom is 0.208 e. The molecule has 1 aromatic carbocycles. The van der Waals surface area contributed by atoms with Crippen LogP contribution in [0.3, 0.4) is 0 Å². The van der Waals surface area contributed by atoms with Crippen LogP contribution in [-0.4, -0.2) is 16.7 Å². The number of benzene rings is 1. The van der Waals surface area contributed by atoms with Crippen LogP contribution in [0.1, 0.15) is 16.7 Å². The molecule has 1 aromatic rings. The van der Waals surface area contributed by atoms with Crippen molar-refractivity contribution in [2.45, 2.75) is 19.6 Å². The lowest BCUT2D eigenvalue weighted by Crippen LogP contribution is -2.51. The van der Waals surface area contributed by atoms with E-state index in [-0.39, 0.29) is 0 Å². The first-order valence-corrected chi connectivity index (χ1v) is 6.03. The first-order chi connectivity index (χ1) is 8.98. The zero-order valence-corrected chi connectivity index (χ0v) is 10.9. The number of nitrogens with zero attached hydrogens (tertiary/aromatic N) is 3. The van der Waals surface area contributed by atoms with Gasteiger partial charge >= 0.3 is 0 Å². The molecule has 0 saturated heterocycles. The summed E-state index contributed by atoms with van der Waals surface area (Å²) >= 11 is 0. The quantitative estimate of drug-likeness (QED) is 0.679. The highest BCUT2D eigenvalue weighted by Crippen LogP contribution is 2.25. The van der Waals surface area contributed by atoms with Crippen molar-refractivity contribution < 1.29 is 0 Å². The Morgan fingerprint density at radius 3 is 2.53 bits per heavy atom. The molecule has 0 aliphatic carbocycles. The molecule has 2 heterocycles. The molecule has 5 N–H and O–H groups in total. The molecule has 98 valence electrons. The maximum absolute atomic E-state index is 6.36. The van der Waals surface area contributed by atoms with E-state index < -0.39 is 5.79 Å². The van der Waals surface area contributed by atoms with Crippen LogP contribution in [0.2, 0.25) is 0 Å². The fourth-order valence-corrected chi connectivity index (χ4v) is 2.33. The Kier molecular flexibility index (Phi) is 2.44. The van der Waals surface area contributed by atoms with Crippen LogP contribution in [0.4, 0.5) is 0 Å². The number of nitrogens with one attached hydrogen (secondary N) is 1. The highest BCUT2D eigenvalue weighted by Gasteiger charge is 2.38. The fraction of sp³-hybridized carbons (Fsp3) is 0.231.